The molecule has 0 amide bonds. The van der Waals surface area contributed by atoms with Gasteiger partial charge in [0.25, 0.3) is 0 Å². The van der Waals surface area contributed by atoms with Crippen LogP contribution in [0.2, 0.25) is 0 Å². The minimum Gasteiger partial charge on any atom is -0.487 e. The molecule has 1 aromatic rings. The SMILES string of the molecule is CN(C)S(=O)(=O)c1ccc(OC2CCOC2)c(C(=O)O)c1. The Morgan fingerprint density at radius 3 is 2.67 bits per heavy atom. The van der Waals surface area contributed by atoms with Crippen LogP contribution in [0.15, 0.2) is 23.1 Å². The van der Waals surface area contributed by atoms with Crippen LogP contribution in [0.3, 0.4) is 0 Å². The Hall–Kier alpha value is -1.64. The zero-order chi connectivity index (χ0) is 15.6. The molecular formula is C13H17NO6S. The third-order valence-corrected chi connectivity index (χ3v) is 4.95. The first kappa shape index (κ1) is 15.7. The van der Waals surface area contributed by atoms with Gasteiger partial charge in [-0.1, -0.05) is 0 Å². The molecule has 1 heterocycles. The molecule has 1 aromatic carbocycles. The Morgan fingerprint density at radius 2 is 2.14 bits per heavy atom. The van der Waals surface area contributed by atoms with Crippen LogP contribution in [0.4, 0.5) is 0 Å². The van der Waals surface area contributed by atoms with E-state index >= 15 is 0 Å². The first-order chi connectivity index (χ1) is 9.82. The van der Waals surface area contributed by atoms with Gasteiger partial charge in [-0.05, 0) is 18.2 Å². The number of hydrogen-bond donors (Lipinski definition) is 1. The molecule has 0 saturated carbocycles. The highest BCUT2D eigenvalue weighted by atomic mass is 32.2. The lowest BCUT2D eigenvalue weighted by Gasteiger charge is -2.16. The Bertz CT molecular complexity index is 634. The lowest BCUT2D eigenvalue weighted by molar-refractivity contribution is 0.0687. The van der Waals surface area contributed by atoms with E-state index < -0.39 is 16.0 Å². The fraction of sp³-hybridized carbons (Fsp3) is 0.462. The quantitative estimate of drug-likeness (QED) is 0.864. The van der Waals surface area contributed by atoms with Gasteiger partial charge >= 0.3 is 5.97 Å². The van der Waals surface area contributed by atoms with Crippen LogP contribution < -0.4 is 4.74 Å². The molecule has 1 saturated heterocycles. The van der Waals surface area contributed by atoms with Crippen molar-refractivity contribution in [3.8, 4) is 5.75 Å². The van der Waals surface area contributed by atoms with E-state index in [1.54, 1.807) is 0 Å². The highest BCUT2D eigenvalue weighted by Crippen LogP contribution is 2.26. The number of carbonyl (C=O) groups is 1. The van der Waals surface area contributed by atoms with Gasteiger partial charge in [0, 0.05) is 20.5 Å². The van der Waals surface area contributed by atoms with Crippen molar-refractivity contribution >= 4 is 16.0 Å². The van der Waals surface area contributed by atoms with Gasteiger partial charge in [0.2, 0.25) is 10.0 Å². The fourth-order valence-corrected chi connectivity index (χ4v) is 2.86. The number of aromatic carboxylic acids is 1. The molecule has 116 valence electrons. The van der Waals surface area contributed by atoms with Crippen molar-refractivity contribution in [3.05, 3.63) is 23.8 Å². The molecule has 7 nitrogen and oxygen atoms in total. The van der Waals surface area contributed by atoms with E-state index in [0.717, 1.165) is 10.4 Å². The second-order valence-electron chi connectivity index (χ2n) is 4.85. The van der Waals surface area contributed by atoms with Crippen LogP contribution in [0.25, 0.3) is 0 Å². The van der Waals surface area contributed by atoms with Crippen LogP contribution >= 0.6 is 0 Å². The Morgan fingerprint density at radius 1 is 1.43 bits per heavy atom. The number of nitrogens with zero attached hydrogens (tertiary/aromatic N) is 1. The van der Waals surface area contributed by atoms with Gasteiger partial charge in [-0.25, -0.2) is 17.5 Å². The van der Waals surface area contributed by atoms with Gasteiger partial charge in [0.1, 0.15) is 17.4 Å². The molecular weight excluding hydrogens is 298 g/mol. The highest BCUT2D eigenvalue weighted by Gasteiger charge is 2.24. The maximum absolute atomic E-state index is 12.0. The van der Waals surface area contributed by atoms with Gasteiger partial charge in [-0.15, -0.1) is 0 Å². The average Bonchev–Trinajstić information content (AvgIpc) is 2.91. The molecule has 0 radical (unpaired) electrons. The summed E-state index contributed by atoms with van der Waals surface area (Å²) >= 11 is 0. The molecule has 2 rings (SSSR count). The van der Waals surface area contributed by atoms with Gasteiger partial charge in [0.15, 0.2) is 0 Å². The van der Waals surface area contributed by atoms with Crippen molar-refractivity contribution in [2.45, 2.75) is 17.4 Å². The van der Waals surface area contributed by atoms with E-state index in [1.807, 2.05) is 0 Å². The standard InChI is InChI=1S/C13H17NO6S/c1-14(2)21(17,18)10-3-4-12(11(7-10)13(15)16)20-9-5-6-19-8-9/h3-4,7,9H,5-6,8H2,1-2H3,(H,15,16). The monoisotopic (exact) mass is 315 g/mol. The molecule has 0 aliphatic carbocycles. The molecule has 1 atom stereocenters. The van der Waals surface area contributed by atoms with E-state index in [1.165, 1.54) is 26.2 Å². The number of ether oxygens (including phenoxy) is 2. The molecule has 1 fully saturated rings. The minimum atomic E-state index is -3.69. The summed E-state index contributed by atoms with van der Waals surface area (Å²) in [6, 6.07) is 3.83. The van der Waals surface area contributed by atoms with Crippen molar-refractivity contribution in [1.82, 2.24) is 4.31 Å². The molecule has 1 aliphatic heterocycles. The molecule has 8 heteroatoms. The summed E-state index contributed by atoms with van der Waals surface area (Å²) in [5.41, 5.74) is -0.176. The summed E-state index contributed by atoms with van der Waals surface area (Å²) < 4.78 is 35.8. The smallest absolute Gasteiger partial charge is 0.339 e. The third-order valence-electron chi connectivity index (χ3n) is 3.14. The second-order valence-corrected chi connectivity index (χ2v) is 7.01. The molecule has 0 aromatic heterocycles. The van der Waals surface area contributed by atoms with Crippen LogP contribution in [0.1, 0.15) is 16.8 Å². The number of hydrogen-bond acceptors (Lipinski definition) is 5. The Kier molecular flexibility index (Phi) is 4.50. The molecule has 0 spiro atoms. The van der Waals surface area contributed by atoms with Gasteiger partial charge < -0.3 is 14.6 Å². The first-order valence-corrected chi connectivity index (χ1v) is 7.80. The summed E-state index contributed by atoms with van der Waals surface area (Å²) in [6.45, 7) is 0.969. The van der Waals surface area contributed by atoms with Crippen LogP contribution in [0, 0.1) is 0 Å². The van der Waals surface area contributed by atoms with E-state index in [2.05, 4.69) is 0 Å². The largest absolute Gasteiger partial charge is 0.487 e. The summed E-state index contributed by atoms with van der Waals surface area (Å²) in [5, 5.41) is 9.25. The number of carboxylic acids is 1. The summed E-state index contributed by atoms with van der Waals surface area (Å²) in [7, 11) is -0.917. The molecule has 1 aliphatic rings. The number of benzene rings is 1. The predicted octanol–water partition coefficient (Wildman–Crippen LogP) is 0.803. The Balaban J connectivity index is 2.37. The fourth-order valence-electron chi connectivity index (χ4n) is 1.94. The predicted molar refractivity (Wildman–Crippen MR) is 74.1 cm³/mol. The van der Waals surface area contributed by atoms with Crippen molar-refractivity contribution in [2.24, 2.45) is 0 Å². The van der Waals surface area contributed by atoms with Crippen molar-refractivity contribution in [1.29, 1.82) is 0 Å². The van der Waals surface area contributed by atoms with Crippen LogP contribution in [-0.2, 0) is 14.8 Å². The van der Waals surface area contributed by atoms with Crippen LogP contribution in [0.5, 0.6) is 5.75 Å². The molecule has 21 heavy (non-hydrogen) atoms. The van der Waals surface area contributed by atoms with Crippen molar-refractivity contribution in [2.75, 3.05) is 27.3 Å². The summed E-state index contributed by atoms with van der Waals surface area (Å²) in [6.07, 6.45) is 0.469. The zero-order valence-electron chi connectivity index (χ0n) is 11.8. The molecule has 0 bridgehead atoms. The van der Waals surface area contributed by atoms with E-state index in [4.69, 9.17) is 9.47 Å². The maximum atomic E-state index is 12.0. The third kappa shape index (κ3) is 3.34. The summed E-state index contributed by atoms with van der Waals surface area (Å²) in [5.74, 6) is -1.09. The van der Waals surface area contributed by atoms with E-state index in [0.29, 0.717) is 19.6 Å². The highest BCUT2D eigenvalue weighted by molar-refractivity contribution is 7.89. The number of sulfonamides is 1. The Labute approximate surface area is 123 Å². The average molecular weight is 315 g/mol. The lowest BCUT2D eigenvalue weighted by atomic mass is 10.2. The second kappa shape index (κ2) is 6.00. The van der Waals surface area contributed by atoms with E-state index in [9.17, 15) is 18.3 Å². The number of carboxylic acid groups (broad SMARTS) is 1. The van der Waals surface area contributed by atoms with E-state index in [-0.39, 0.29) is 22.3 Å². The number of rotatable bonds is 5. The van der Waals surface area contributed by atoms with Gasteiger partial charge in [-0.3, -0.25) is 0 Å². The van der Waals surface area contributed by atoms with Gasteiger partial charge in [-0.2, -0.15) is 0 Å². The van der Waals surface area contributed by atoms with Gasteiger partial charge in [0.05, 0.1) is 18.1 Å². The molecule has 1 N–H and O–H groups in total. The normalized spacial score (nSPS) is 18.9. The zero-order valence-corrected chi connectivity index (χ0v) is 12.6. The summed E-state index contributed by atoms with van der Waals surface area (Å²) in [4.78, 5) is 11.2. The van der Waals surface area contributed by atoms with Crippen molar-refractivity contribution < 1.29 is 27.8 Å². The molecule has 1 unspecified atom stereocenters. The van der Waals surface area contributed by atoms with Crippen LogP contribution in [-0.4, -0.2) is 57.2 Å². The topological polar surface area (TPSA) is 93.1 Å². The van der Waals surface area contributed by atoms with Crippen molar-refractivity contribution in [3.63, 3.8) is 0 Å². The lowest BCUT2D eigenvalue weighted by Crippen LogP contribution is -2.23. The maximum Gasteiger partial charge on any atom is 0.339 e. The minimum absolute atomic E-state index is 0.0834. The first-order valence-electron chi connectivity index (χ1n) is 6.36.